The first-order valence-corrected chi connectivity index (χ1v) is 7.11. The summed E-state index contributed by atoms with van der Waals surface area (Å²) in [5, 5.41) is 0. The van der Waals surface area contributed by atoms with Crippen LogP contribution in [0.5, 0.6) is 0 Å². The zero-order chi connectivity index (χ0) is 11.3. The van der Waals surface area contributed by atoms with E-state index in [2.05, 4.69) is 0 Å². The van der Waals surface area contributed by atoms with Crippen LogP contribution in [0.3, 0.4) is 0 Å². The minimum Gasteiger partial charge on any atom is -0.303 e. The predicted octanol–water partition coefficient (Wildman–Crippen LogP) is 2.97. The van der Waals surface area contributed by atoms with Crippen LogP contribution < -0.4 is 0 Å². The molecular formula is C10H19O4P. The van der Waals surface area contributed by atoms with Gasteiger partial charge < -0.3 is 9.05 Å². The van der Waals surface area contributed by atoms with Crippen molar-refractivity contribution in [1.82, 2.24) is 0 Å². The molecule has 88 valence electrons. The number of carbonyl (C=O) groups excluding carboxylic acids is 1. The minimum atomic E-state index is -3.50. The normalized spacial score (nSPS) is 18.3. The monoisotopic (exact) mass is 234 g/mol. The molecule has 0 saturated heterocycles. The molecule has 0 radical (unpaired) electrons. The van der Waals surface area contributed by atoms with Crippen molar-refractivity contribution in [2.24, 2.45) is 5.92 Å². The van der Waals surface area contributed by atoms with E-state index >= 15 is 0 Å². The molecule has 1 aliphatic carbocycles. The summed E-state index contributed by atoms with van der Waals surface area (Å²) in [4.78, 5) is 11.9. The first-order valence-electron chi connectivity index (χ1n) is 5.57. The molecular weight excluding hydrogens is 215 g/mol. The Balaban J connectivity index is 2.69. The van der Waals surface area contributed by atoms with Crippen molar-refractivity contribution in [2.75, 3.05) is 13.2 Å². The summed E-state index contributed by atoms with van der Waals surface area (Å²) in [7, 11) is -3.50. The molecule has 0 aliphatic heterocycles. The van der Waals surface area contributed by atoms with Gasteiger partial charge in [-0.2, -0.15) is 0 Å². The zero-order valence-corrected chi connectivity index (χ0v) is 10.3. The van der Waals surface area contributed by atoms with Crippen LogP contribution in [0.4, 0.5) is 0 Å². The molecule has 0 N–H and O–H groups in total. The third-order valence-electron chi connectivity index (χ3n) is 2.57. The molecule has 1 saturated carbocycles. The lowest BCUT2D eigenvalue weighted by Crippen LogP contribution is -2.15. The van der Waals surface area contributed by atoms with E-state index in [1.807, 2.05) is 0 Å². The van der Waals surface area contributed by atoms with Crippen LogP contribution in [-0.2, 0) is 18.4 Å². The van der Waals surface area contributed by atoms with E-state index < -0.39 is 7.60 Å². The fourth-order valence-electron chi connectivity index (χ4n) is 1.90. The van der Waals surface area contributed by atoms with Gasteiger partial charge in [0, 0.05) is 5.92 Å². The highest BCUT2D eigenvalue weighted by atomic mass is 31.2. The molecule has 0 aromatic rings. The lowest BCUT2D eigenvalue weighted by Gasteiger charge is -2.18. The van der Waals surface area contributed by atoms with E-state index in [1.54, 1.807) is 13.8 Å². The van der Waals surface area contributed by atoms with Crippen LogP contribution in [0.25, 0.3) is 0 Å². The van der Waals surface area contributed by atoms with Crippen LogP contribution in [0, 0.1) is 5.92 Å². The average Bonchev–Trinajstić information content (AvgIpc) is 2.70. The topological polar surface area (TPSA) is 52.6 Å². The van der Waals surface area contributed by atoms with E-state index in [0.717, 1.165) is 25.7 Å². The molecule has 0 atom stereocenters. The van der Waals surface area contributed by atoms with Gasteiger partial charge in [0.15, 0.2) is 0 Å². The molecule has 0 spiro atoms. The summed E-state index contributed by atoms with van der Waals surface area (Å²) in [6.45, 7) is 3.92. The molecule has 0 amide bonds. The van der Waals surface area contributed by atoms with E-state index in [9.17, 15) is 9.36 Å². The van der Waals surface area contributed by atoms with Crippen molar-refractivity contribution in [3.05, 3.63) is 0 Å². The lowest BCUT2D eigenvalue weighted by molar-refractivity contribution is -0.117. The number of carbonyl (C=O) groups is 1. The maximum absolute atomic E-state index is 12.1. The van der Waals surface area contributed by atoms with Crippen molar-refractivity contribution < 1.29 is 18.4 Å². The highest BCUT2D eigenvalue weighted by Gasteiger charge is 2.40. The Labute approximate surface area is 90.9 Å². The quantitative estimate of drug-likeness (QED) is 0.663. The second kappa shape index (κ2) is 5.78. The second-order valence-corrected chi connectivity index (χ2v) is 5.60. The molecule has 0 aromatic heterocycles. The standard InChI is InChI=1S/C10H19O4P/c1-3-13-15(12,14-4-2)10(11)9-7-5-6-8-9/h9H,3-8H2,1-2H3. The van der Waals surface area contributed by atoms with Crippen LogP contribution in [0.1, 0.15) is 39.5 Å². The van der Waals surface area contributed by atoms with Gasteiger partial charge in [-0.1, -0.05) is 12.8 Å². The minimum absolute atomic E-state index is 0.117. The summed E-state index contributed by atoms with van der Waals surface area (Å²) < 4.78 is 22.2. The van der Waals surface area contributed by atoms with Gasteiger partial charge in [-0.05, 0) is 26.7 Å². The maximum atomic E-state index is 12.1. The van der Waals surface area contributed by atoms with Gasteiger partial charge in [0.1, 0.15) is 0 Å². The summed E-state index contributed by atoms with van der Waals surface area (Å²) in [6.07, 6.45) is 3.72. The first kappa shape index (κ1) is 12.9. The highest BCUT2D eigenvalue weighted by molar-refractivity contribution is 7.71. The van der Waals surface area contributed by atoms with E-state index in [0.29, 0.717) is 0 Å². The number of hydrogen-bond acceptors (Lipinski definition) is 4. The van der Waals surface area contributed by atoms with E-state index in [-0.39, 0.29) is 24.7 Å². The van der Waals surface area contributed by atoms with Crippen molar-refractivity contribution >= 4 is 13.1 Å². The maximum Gasteiger partial charge on any atom is 0.396 e. The molecule has 5 heteroatoms. The van der Waals surface area contributed by atoms with Gasteiger partial charge in [0.25, 0.3) is 0 Å². The lowest BCUT2D eigenvalue weighted by atomic mass is 10.1. The van der Waals surface area contributed by atoms with Crippen LogP contribution in [-0.4, -0.2) is 18.7 Å². The molecule has 0 aromatic carbocycles. The molecule has 1 aliphatic rings. The summed E-state index contributed by atoms with van der Waals surface area (Å²) in [5.41, 5.74) is -0.316. The SMILES string of the molecule is CCOP(=O)(OCC)C(=O)C1CCCC1. The van der Waals surface area contributed by atoms with E-state index in [1.165, 1.54) is 0 Å². The molecule has 1 rings (SSSR count). The fraction of sp³-hybridized carbons (Fsp3) is 0.900. The first-order chi connectivity index (χ1) is 7.14. The van der Waals surface area contributed by atoms with Gasteiger partial charge in [-0.25, -0.2) is 0 Å². The smallest absolute Gasteiger partial charge is 0.303 e. The van der Waals surface area contributed by atoms with Gasteiger partial charge in [-0.3, -0.25) is 9.36 Å². The summed E-state index contributed by atoms with van der Waals surface area (Å²) >= 11 is 0. The zero-order valence-electron chi connectivity index (χ0n) is 9.40. The Kier molecular flexibility index (Phi) is 4.97. The number of rotatable bonds is 6. The Morgan fingerprint density at radius 2 is 1.67 bits per heavy atom. The van der Waals surface area contributed by atoms with Crippen molar-refractivity contribution in [3.63, 3.8) is 0 Å². The molecule has 4 nitrogen and oxygen atoms in total. The molecule has 15 heavy (non-hydrogen) atoms. The Morgan fingerprint density at radius 3 is 2.07 bits per heavy atom. The van der Waals surface area contributed by atoms with Crippen LogP contribution in [0.15, 0.2) is 0 Å². The molecule has 0 unspecified atom stereocenters. The second-order valence-electron chi connectivity index (χ2n) is 3.65. The Morgan fingerprint density at radius 1 is 1.20 bits per heavy atom. The largest absolute Gasteiger partial charge is 0.396 e. The van der Waals surface area contributed by atoms with Crippen molar-refractivity contribution in [2.45, 2.75) is 39.5 Å². The summed E-state index contributed by atoms with van der Waals surface area (Å²) in [5.74, 6) is -0.117. The van der Waals surface area contributed by atoms with Gasteiger partial charge in [0.05, 0.1) is 13.2 Å². The molecule has 0 heterocycles. The third kappa shape index (κ3) is 3.13. The van der Waals surface area contributed by atoms with Crippen molar-refractivity contribution in [3.8, 4) is 0 Å². The van der Waals surface area contributed by atoms with Crippen LogP contribution >= 0.6 is 7.60 Å². The van der Waals surface area contributed by atoms with Gasteiger partial charge in [0.2, 0.25) is 5.52 Å². The molecule has 1 fully saturated rings. The Hall–Kier alpha value is -0.180. The van der Waals surface area contributed by atoms with E-state index in [4.69, 9.17) is 9.05 Å². The van der Waals surface area contributed by atoms with Gasteiger partial charge in [-0.15, -0.1) is 0 Å². The molecule has 0 bridgehead atoms. The summed E-state index contributed by atoms with van der Waals surface area (Å²) in [6, 6.07) is 0. The fourth-order valence-corrected chi connectivity index (χ4v) is 3.62. The van der Waals surface area contributed by atoms with Gasteiger partial charge >= 0.3 is 7.60 Å². The van der Waals surface area contributed by atoms with Crippen molar-refractivity contribution in [1.29, 1.82) is 0 Å². The highest BCUT2D eigenvalue weighted by Crippen LogP contribution is 2.53. The Bertz CT molecular complexity index is 248. The average molecular weight is 234 g/mol. The third-order valence-corrected chi connectivity index (χ3v) is 4.67. The predicted molar refractivity (Wildman–Crippen MR) is 57.8 cm³/mol. The number of hydrogen-bond donors (Lipinski definition) is 0. The van der Waals surface area contributed by atoms with Crippen LogP contribution in [0.2, 0.25) is 0 Å².